The van der Waals surface area contributed by atoms with Crippen LogP contribution in [0.15, 0.2) is 12.4 Å². The number of aromatic nitrogens is 2. The van der Waals surface area contributed by atoms with Gasteiger partial charge in [-0.05, 0) is 19.3 Å². The number of hydrogen-bond donors (Lipinski definition) is 1. The molecule has 1 fully saturated rings. The smallest absolute Gasteiger partial charge is 0.257 e. The quantitative estimate of drug-likeness (QED) is 0.790. The fourth-order valence-corrected chi connectivity index (χ4v) is 1.37. The van der Waals surface area contributed by atoms with E-state index >= 15 is 0 Å². The summed E-state index contributed by atoms with van der Waals surface area (Å²) in [5.74, 6) is 2.12. The predicted octanol–water partition coefficient (Wildman–Crippen LogP) is 1.70. The topological polar surface area (TPSA) is 47.0 Å². The molecule has 1 aromatic rings. The zero-order valence-electron chi connectivity index (χ0n) is 8.53. The Labute approximate surface area is 83.7 Å². The van der Waals surface area contributed by atoms with E-state index in [1.165, 1.54) is 6.42 Å². The third-order valence-corrected chi connectivity index (χ3v) is 2.38. The van der Waals surface area contributed by atoms with Crippen molar-refractivity contribution in [3.63, 3.8) is 0 Å². The Kier molecular flexibility index (Phi) is 2.52. The van der Waals surface area contributed by atoms with Gasteiger partial charge in [0.1, 0.15) is 0 Å². The molecular formula is C10H15N3O. The van der Waals surface area contributed by atoms with Crippen molar-refractivity contribution >= 4 is 5.82 Å². The third-order valence-electron chi connectivity index (χ3n) is 2.38. The maximum atomic E-state index is 5.36. The average Bonchev–Trinajstić information content (AvgIpc) is 2.86. The Morgan fingerprint density at radius 3 is 2.86 bits per heavy atom. The van der Waals surface area contributed by atoms with E-state index in [1.54, 1.807) is 12.4 Å². The largest absolute Gasteiger partial charge is 0.475 e. The summed E-state index contributed by atoms with van der Waals surface area (Å²) in [6, 6.07) is 0.547. The summed E-state index contributed by atoms with van der Waals surface area (Å²) in [5, 5.41) is 3.32. The Bertz CT molecular complexity index is 316. The van der Waals surface area contributed by atoms with Gasteiger partial charge in [0, 0.05) is 18.4 Å². The molecule has 1 aromatic heterocycles. The van der Waals surface area contributed by atoms with Crippen molar-refractivity contribution in [1.29, 1.82) is 0 Å². The van der Waals surface area contributed by atoms with Crippen LogP contribution in [0.4, 0.5) is 5.82 Å². The van der Waals surface area contributed by atoms with Gasteiger partial charge in [0.15, 0.2) is 5.82 Å². The SMILES string of the molecule is CCOc1nccnc1NC1CC1C. The van der Waals surface area contributed by atoms with Crippen LogP contribution in [0.2, 0.25) is 0 Å². The molecule has 0 saturated heterocycles. The van der Waals surface area contributed by atoms with Crippen molar-refractivity contribution in [2.75, 3.05) is 11.9 Å². The summed E-state index contributed by atoms with van der Waals surface area (Å²) in [4.78, 5) is 8.34. The molecule has 2 unspecified atom stereocenters. The summed E-state index contributed by atoms with van der Waals surface area (Å²) in [6.07, 6.45) is 4.53. The van der Waals surface area contributed by atoms with Crippen molar-refractivity contribution in [3.8, 4) is 5.88 Å². The van der Waals surface area contributed by atoms with Gasteiger partial charge in [0.2, 0.25) is 0 Å². The lowest BCUT2D eigenvalue weighted by Gasteiger charge is -2.08. The first-order chi connectivity index (χ1) is 6.81. The molecule has 1 aliphatic carbocycles. The van der Waals surface area contributed by atoms with E-state index in [9.17, 15) is 0 Å². The molecular weight excluding hydrogens is 178 g/mol. The summed E-state index contributed by atoms with van der Waals surface area (Å²) in [6.45, 7) is 4.78. The molecule has 4 heteroatoms. The highest BCUT2D eigenvalue weighted by Crippen LogP contribution is 2.33. The molecule has 1 heterocycles. The zero-order chi connectivity index (χ0) is 9.97. The lowest BCUT2D eigenvalue weighted by Crippen LogP contribution is -2.08. The van der Waals surface area contributed by atoms with Gasteiger partial charge in [-0.25, -0.2) is 9.97 Å². The van der Waals surface area contributed by atoms with Crippen LogP contribution in [0.5, 0.6) is 5.88 Å². The molecule has 2 rings (SSSR count). The van der Waals surface area contributed by atoms with Crippen LogP contribution in [-0.4, -0.2) is 22.6 Å². The summed E-state index contributed by atoms with van der Waals surface area (Å²) in [5.41, 5.74) is 0. The molecule has 0 spiro atoms. The van der Waals surface area contributed by atoms with Crippen LogP contribution in [0.25, 0.3) is 0 Å². The fraction of sp³-hybridized carbons (Fsp3) is 0.600. The predicted molar refractivity (Wildman–Crippen MR) is 54.4 cm³/mol. The first-order valence-electron chi connectivity index (χ1n) is 5.01. The second-order valence-corrected chi connectivity index (χ2v) is 3.61. The van der Waals surface area contributed by atoms with Crippen LogP contribution in [-0.2, 0) is 0 Å². The summed E-state index contributed by atoms with van der Waals surface area (Å²) < 4.78 is 5.36. The summed E-state index contributed by atoms with van der Waals surface area (Å²) in [7, 11) is 0. The molecule has 1 N–H and O–H groups in total. The lowest BCUT2D eigenvalue weighted by molar-refractivity contribution is 0.327. The van der Waals surface area contributed by atoms with Crippen molar-refractivity contribution in [3.05, 3.63) is 12.4 Å². The highest BCUT2D eigenvalue weighted by atomic mass is 16.5. The number of anilines is 1. The number of hydrogen-bond acceptors (Lipinski definition) is 4. The molecule has 0 aliphatic heterocycles. The van der Waals surface area contributed by atoms with Gasteiger partial charge in [-0.3, -0.25) is 0 Å². The molecule has 0 amide bonds. The zero-order valence-corrected chi connectivity index (χ0v) is 8.53. The fourth-order valence-electron chi connectivity index (χ4n) is 1.37. The van der Waals surface area contributed by atoms with E-state index < -0.39 is 0 Å². The van der Waals surface area contributed by atoms with Gasteiger partial charge in [-0.2, -0.15) is 0 Å². The Morgan fingerprint density at radius 1 is 1.50 bits per heavy atom. The highest BCUT2D eigenvalue weighted by molar-refractivity contribution is 5.46. The van der Waals surface area contributed by atoms with E-state index in [0.29, 0.717) is 18.5 Å². The van der Waals surface area contributed by atoms with E-state index in [4.69, 9.17) is 4.74 Å². The van der Waals surface area contributed by atoms with Gasteiger partial charge in [0.05, 0.1) is 6.61 Å². The Hall–Kier alpha value is -1.32. The molecule has 0 aromatic carbocycles. The van der Waals surface area contributed by atoms with E-state index in [0.717, 1.165) is 11.7 Å². The second-order valence-electron chi connectivity index (χ2n) is 3.61. The molecule has 2 atom stereocenters. The lowest BCUT2D eigenvalue weighted by atomic mass is 10.4. The van der Waals surface area contributed by atoms with Gasteiger partial charge in [-0.15, -0.1) is 0 Å². The molecule has 14 heavy (non-hydrogen) atoms. The highest BCUT2D eigenvalue weighted by Gasteiger charge is 2.33. The van der Waals surface area contributed by atoms with Crippen LogP contribution in [0.1, 0.15) is 20.3 Å². The van der Waals surface area contributed by atoms with E-state index in [-0.39, 0.29) is 0 Å². The van der Waals surface area contributed by atoms with E-state index in [2.05, 4.69) is 22.2 Å². The van der Waals surface area contributed by atoms with Gasteiger partial charge < -0.3 is 10.1 Å². The normalized spacial score (nSPS) is 24.4. The third kappa shape index (κ3) is 1.95. The molecule has 4 nitrogen and oxygen atoms in total. The number of nitrogens with one attached hydrogen (secondary N) is 1. The molecule has 0 bridgehead atoms. The number of nitrogens with zero attached hydrogens (tertiary/aromatic N) is 2. The maximum Gasteiger partial charge on any atom is 0.257 e. The number of ether oxygens (including phenoxy) is 1. The van der Waals surface area contributed by atoms with Crippen molar-refractivity contribution < 1.29 is 4.74 Å². The van der Waals surface area contributed by atoms with Crippen LogP contribution < -0.4 is 10.1 Å². The van der Waals surface area contributed by atoms with Crippen molar-refractivity contribution in [1.82, 2.24) is 9.97 Å². The van der Waals surface area contributed by atoms with Crippen LogP contribution in [0, 0.1) is 5.92 Å². The van der Waals surface area contributed by atoms with E-state index in [1.807, 2.05) is 6.92 Å². The monoisotopic (exact) mass is 193 g/mol. The Morgan fingerprint density at radius 2 is 2.21 bits per heavy atom. The van der Waals surface area contributed by atoms with Crippen molar-refractivity contribution in [2.24, 2.45) is 5.92 Å². The second kappa shape index (κ2) is 3.82. The first-order valence-corrected chi connectivity index (χ1v) is 5.01. The minimum absolute atomic E-state index is 0.547. The van der Waals surface area contributed by atoms with Gasteiger partial charge in [0.25, 0.3) is 5.88 Å². The molecule has 76 valence electrons. The Balaban J connectivity index is 2.06. The first kappa shape index (κ1) is 9.24. The van der Waals surface area contributed by atoms with Gasteiger partial charge in [-0.1, -0.05) is 6.92 Å². The molecule has 0 radical (unpaired) electrons. The van der Waals surface area contributed by atoms with Crippen molar-refractivity contribution in [2.45, 2.75) is 26.3 Å². The van der Waals surface area contributed by atoms with Crippen LogP contribution in [0.3, 0.4) is 0 Å². The maximum absolute atomic E-state index is 5.36. The molecule has 1 saturated carbocycles. The summed E-state index contributed by atoms with van der Waals surface area (Å²) >= 11 is 0. The minimum atomic E-state index is 0.547. The van der Waals surface area contributed by atoms with Gasteiger partial charge >= 0.3 is 0 Å². The standard InChI is InChI=1S/C10H15N3O/c1-3-14-10-9(11-4-5-12-10)13-8-6-7(8)2/h4-5,7-8H,3,6H2,1-2H3,(H,11,13). The number of rotatable bonds is 4. The minimum Gasteiger partial charge on any atom is -0.475 e. The molecule has 1 aliphatic rings. The average molecular weight is 193 g/mol. The van der Waals surface area contributed by atoms with Crippen LogP contribution >= 0.6 is 0 Å².